The van der Waals surface area contributed by atoms with E-state index in [0.29, 0.717) is 19.1 Å². The number of aliphatic hydroxyl groups is 1. The summed E-state index contributed by atoms with van der Waals surface area (Å²) in [5.74, 6) is 0.273. The first-order valence-corrected chi connectivity index (χ1v) is 8.62. The van der Waals surface area contributed by atoms with Crippen LogP contribution in [0.5, 0.6) is 0 Å². The van der Waals surface area contributed by atoms with Gasteiger partial charge in [-0.3, -0.25) is 4.90 Å². The molecule has 2 amide bonds. The zero-order valence-corrected chi connectivity index (χ0v) is 13.8. The van der Waals surface area contributed by atoms with Crippen LogP contribution in [-0.4, -0.2) is 59.8 Å². The molecular weight excluding hydrogens is 290 g/mol. The standard InChI is InChI=1S/C18H27N3O2/c1-14(16-5-3-2-4-6-16)20-9-7-17(8-10-20)19-18(23)21-11-15(12-21)13-22/h2-6,14-15,17,22H,7-13H2,1H3,(H,19,23)/t14-/m1/s1. The van der Waals surface area contributed by atoms with Gasteiger partial charge < -0.3 is 15.3 Å². The van der Waals surface area contributed by atoms with Gasteiger partial charge in [-0.05, 0) is 25.3 Å². The Labute approximate surface area is 138 Å². The normalized spacial score (nSPS) is 21.7. The Kier molecular flexibility index (Phi) is 5.18. The topological polar surface area (TPSA) is 55.8 Å². The molecule has 2 N–H and O–H groups in total. The maximum Gasteiger partial charge on any atom is 0.317 e. The van der Waals surface area contributed by atoms with Gasteiger partial charge in [0.1, 0.15) is 0 Å². The molecule has 23 heavy (non-hydrogen) atoms. The van der Waals surface area contributed by atoms with Gasteiger partial charge >= 0.3 is 6.03 Å². The zero-order chi connectivity index (χ0) is 16.2. The van der Waals surface area contributed by atoms with Crippen LogP contribution >= 0.6 is 0 Å². The first-order chi connectivity index (χ1) is 11.2. The molecule has 5 nitrogen and oxygen atoms in total. The van der Waals surface area contributed by atoms with Crippen LogP contribution in [0, 0.1) is 5.92 Å². The van der Waals surface area contributed by atoms with E-state index >= 15 is 0 Å². The van der Waals surface area contributed by atoms with E-state index in [1.165, 1.54) is 5.56 Å². The molecular formula is C18H27N3O2. The van der Waals surface area contributed by atoms with Gasteiger partial charge in [-0.1, -0.05) is 30.3 Å². The molecule has 2 aliphatic rings. The second-order valence-electron chi connectivity index (χ2n) is 6.80. The molecule has 0 bridgehead atoms. The van der Waals surface area contributed by atoms with Gasteiger partial charge in [0, 0.05) is 50.8 Å². The van der Waals surface area contributed by atoms with Crippen molar-refractivity contribution in [1.29, 1.82) is 0 Å². The third kappa shape index (κ3) is 3.85. The van der Waals surface area contributed by atoms with Crippen molar-refractivity contribution in [3.05, 3.63) is 35.9 Å². The predicted octanol–water partition coefficient (Wildman–Crippen LogP) is 1.85. The van der Waals surface area contributed by atoms with Crippen molar-refractivity contribution < 1.29 is 9.90 Å². The van der Waals surface area contributed by atoms with Crippen LogP contribution in [-0.2, 0) is 0 Å². The minimum Gasteiger partial charge on any atom is -0.396 e. The lowest BCUT2D eigenvalue weighted by molar-refractivity contribution is 0.0733. The second kappa shape index (κ2) is 7.32. The van der Waals surface area contributed by atoms with Crippen LogP contribution in [0.15, 0.2) is 30.3 Å². The van der Waals surface area contributed by atoms with E-state index in [2.05, 4.69) is 47.5 Å². The molecule has 3 rings (SSSR count). The van der Waals surface area contributed by atoms with E-state index in [-0.39, 0.29) is 24.6 Å². The summed E-state index contributed by atoms with van der Waals surface area (Å²) in [6, 6.07) is 11.3. The minimum absolute atomic E-state index is 0.0317. The maximum absolute atomic E-state index is 12.1. The molecule has 1 aromatic carbocycles. The fraction of sp³-hybridized carbons (Fsp3) is 0.611. The monoisotopic (exact) mass is 317 g/mol. The Balaban J connectivity index is 1.43. The van der Waals surface area contributed by atoms with Crippen molar-refractivity contribution in [2.75, 3.05) is 32.8 Å². The van der Waals surface area contributed by atoms with Gasteiger partial charge in [0.25, 0.3) is 0 Å². The number of amides is 2. The average Bonchev–Trinajstić information content (AvgIpc) is 2.55. The Hall–Kier alpha value is -1.59. The Morgan fingerprint density at radius 3 is 2.52 bits per heavy atom. The Morgan fingerprint density at radius 2 is 1.91 bits per heavy atom. The summed E-state index contributed by atoms with van der Waals surface area (Å²) in [5, 5.41) is 12.2. The van der Waals surface area contributed by atoms with Gasteiger partial charge in [-0.25, -0.2) is 4.79 Å². The van der Waals surface area contributed by atoms with Crippen molar-refractivity contribution in [3.8, 4) is 0 Å². The number of carbonyl (C=O) groups excluding carboxylic acids is 1. The SMILES string of the molecule is C[C@H](c1ccccc1)N1CCC(NC(=O)N2CC(CO)C2)CC1. The van der Waals surface area contributed by atoms with Gasteiger partial charge in [0.05, 0.1) is 0 Å². The van der Waals surface area contributed by atoms with Gasteiger partial charge in [0.15, 0.2) is 0 Å². The predicted molar refractivity (Wildman–Crippen MR) is 90.1 cm³/mol. The molecule has 0 aliphatic carbocycles. The van der Waals surface area contributed by atoms with E-state index < -0.39 is 0 Å². The molecule has 1 aromatic rings. The lowest BCUT2D eigenvalue weighted by Crippen LogP contribution is -2.57. The number of aliphatic hydroxyl groups excluding tert-OH is 1. The highest BCUT2D eigenvalue weighted by Crippen LogP contribution is 2.24. The molecule has 1 atom stereocenters. The van der Waals surface area contributed by atoms with Crippen LogP contribution in [0.3, 0.4) is 0 Å². The van der Waals surface area contributed by atoms with Crippen LogP contribution in [0.2, 0.25) is 0 Å². The van der Waals surface area contributed by atoms with Crippen LogP contribution < -0.4 is 5.32 Å². The number of nitrogens with zero attached hydrogens (tertiary/aromatic N) is 2. The van der Waals surface area contributed by atoms with Crippen molar-refractivity contribution >= 4 is 6.03 Å². The number of nitrogens with one attached hydrogen (secondary N) is 1. The highest BCUT2D eigenvalue weighted by atomic mass is 16.3. The quantitative estimate of drug-likeness (QED) is 0.891. The minimum atomic E-state index is 0.0317. The Bertz CT molecular complexity index is 508. The molecule has 0 aromatic heterocycles. The van der Waals surface area contributed by atoms with Crippen LogP contribution in [0.1, 0.15) is 31.4 Å². The molecule has 0 saturated carbocycles. The van der Waals surface area contributed by atoms with E-state index in [4.69, 9.17) is 5.11 Å². The highest BCUT2D eigenvalue weighted by Gasteiger charge is 2.32. The summed E-state index contributed by atoms with van der Waals surface area (Å²) in [5.41, 5.74) is 1.35. The third-order valence-corrected chi connectivity index (χ3v) is 5.19. The van der Waals surface area contributed by atoms with Crippen molar-refractivity contribution in [2.45, 2.75) is 31.8 Å². The highest BCUT2D eigenvalue weighted by molar-refractivity contribution is 5.75. The number of carbonyl (C=O) groups is 1. The van der Waals surface area contributed by atoms with Gasteiger partial charge in [-0.2, -0.15) is 0 Å². The summed E-state index contributed by atoms with van der Waals surface area (Å²) >= 11 is 0. The van der Waals surface area contributed by atoms with E-state index in [1.54, 1.807) is 4.90 Å². The van der Waals surface area contributed by atoms with Gasteiger partial charge in [0.2, 0.25) is 0 Å². The first kappa shape index (κ1) is 16.3. The molecule has 2 saturated heterocycles. The van der Waals surface area contributed by atoms with Crippen molar-refractivity contribution in [3.63, 3.8) is 0 Å². The number of urea groups is 1. The third-order valence-electron chi connectivity index (χ3n) is 5.19. The largest absolute Gasteiger partial charge is 0.396 e. The molecule has 0 radical (unpaired) electrons. The summed E-state index contributed by atoms with van der Waals surface area (Å²) in [6.45, 7) is 5.84. The summed E-state index contributed by atoms with van der Waals surface area (Å²) in [4.78, 5) is 16.4. The molecule has 0 unspecified atom stereocenters. The lowest BCUT2D eigenvalue weighted by atomic mass is 9.99. The van der Waals surface area contributed by atoms with Crippen LogP contribution in [0.4, 0.5) is 4.79 Å². The number of piperidine rings is 1. The fourth-order valence-corrected chi connectivity index (χ4v) is 3.49. The van der Waals surface area contributed by atoms with Crippen LogP contribution in [0.25, 0.3) is 0 Å². The molecule has 5 heteroatoms. The number of hydrogen-bond donors (Lipinski definition) is 2. The number of likely N-dealkylation sites (tertiary alicyclic amines) is 2. The van der Waals surface area contributed by atoms with E-state index in [0.717, 1.165) is 25.9 Å². The fourth-order valence-electron chi connectivity index (χ4n) is 3.49. The van der Waals surface area contributed by atoms with E-state index in [1.807, 2.05) is 0 Å². The van der Waals surface area contributed by atoms with Crippen molar-refractivity contribution in [2.24, 2.45) is 5.92 Å². The second-order valence-corrected chi connectivity index (χ2v) is 6.80. The maximum atomic E-state index is 12.1. The summed E-state index contributed by atoms with van der Waals surface area (Å²) < 4.78 is 0. The zero-order valence-electron chi connectivity index (χ0n) is 13.8. The average molecular weight is 317 g/mol. The molecule has 0 spiro atoms. The summed E-state index contributed by atoms with van der Waals surface area (Å²) in [6.07, 6.45) is 2.00. The Morgan fingerprint density at radius 1 is 1.26 bits per heavy atom. The molecule has 126 valence electrons. The number of benzene rings is 1. The smallest absolute Gasteiger partial charge is 0.317 e. The van der Waals surface area contributed by atoms with Crippen molar-refractivity contribution in [1.82, 2.24) is 15.1 Å². The first-order valence-electron chi connectivity index (χ1n) is 8.62. The molecule has 2 aliphatic heterocycles. The number of hydrogen-bond acceptors (Lipinski definition) is 3. The molecule has 2 heterocycles. The summed E-state index contributed by atoms with van der Waals surface area (Å²) in [7, 11) is 0. The van der Waals surface area contributed by atoms with Gasteiger partial charge in [-0.15, -0.1) is 0 Å². The van der Waals surface area contributed by atoms with E-state index in [9.17, 15) is 4.79 Å². The molecule has 2 fully saturated rings. The lowest BCUT2D eigenvalue weighted by Gasteiger charge is -2.41. The number of rotatable bonds is 4.